The van der Waals surface area contributed by atoms with Crippen molar-refractivity contribution in [2.75, 3.05) is 13.2 Å². The fraction of sp³-hybridized carbons (Fsp3) is 0.458. The number of halogens is 1. The Hall–Kier alpha value is -2.78. The molecule has 3 aromatic rings. The fourth-order valence-electron chi connectivity index (χ4n) is 4.99. The topological polar surface area (TPSA) is 84.7 Å². The first-order valence-corrected chi connectivity index (χ1v) is 12.1. The lowest BCUT2D eigenvalue weighted by Crippen LogP contribution is -2.40. The molecule has 1 aliphatic carbocycles. The van der Waals surface area contributed by atoms with Crippen LogP contribution in [0.15, 0.2) is 30.5 Å². The monoisotopic (exact) mass is 471 g/mol. The van der Waals surface area contributed by atoms with E-state index in [0.29, 0.717) is 45.3 Å². The molecular weight excluding hydrogens is 445 g/mol. The molecule has 0 radical (unpaired) electrons. The molecular formula is C24H26FN3O4S. The summed E-state index contributed by atoms with van der Waals surface area (Å²) in [6.07, 6.45) is 4.97. The average molecular weight is 472 g/mol. The van der Waals surface area contributed by atoms with Gasteiger partial charge in [-0.3, -0.25) is 9.59 Å². The van der Waals surface area contributed by atoms with Gasteiger partial charge < -0.3 is 19.3 Å². The van der Waals surface area contributed by atoms with Crippen LogP contribution >= 0.6 is 11.3 Å². The van der Waals surface area contributed by atoms with E-state index in [1.165, 1.54) is 11.6 Å². The first-order chi connectivity index (χ1) is 16.0. The smallest absolute Gasteiger partial charge is 0.306 e. The van der Waals surface area contributed by atoms with Crippen LogP contribution in [0.2, 0.25) is 0 Å². The van der Waals surface area contributed by atoms with Crippen LogP contribution in [-0.4, -0.2) is 50.7 Å². The van der Waals surface area contributed by atoms with Crippen LogP contribution in [-0.2, 0) is 33.8 Å². The predicted octanol–water partition coefficient (Wildman–Crippen LogP) is 3.83. The van der Waals surface area contributed by atoms with Crippen LogP contribution in [0.3, 0.4) is 0 Å². The maximum atomic E-state index is 13.6. The molecule has 0 atom stereocenters. The highest BCUT2D eigenvalue weighted by molar-refractivity contribution is 7.10. The Morgan fingerprint density at radius 2 is 2.03 bits per heavy atom. The number of carbonyl (C=O) groups is 2. The second kappa shape index (κ2) is 9.23. The molecule has 0 unspecified atom stereocenters. The number of rotatable bonds is 6. The van der Waals surface area contributed by atoms with Crippen molar-refractivity contribution in [1.82, 2.24) is 14.5 Å². The molecule has 1 amide bonds. The Morgan fingerprint density at radius 3 is 2.76 bits per heavy atom. The number of carboxylic acids is 1. The van der Waals surface area contributed by atoms with E-state index in [2.05, 4.69) is 15.6 Å². The summed E-state index contributed by atoms with van der Waals surface area (Å²) in [4.78, 5) is 31.4. The van der Waals surface area contributed by atoms with Crippen molar-refractivity contribution in [3.63, 3.8) is 0 Å². The van der Waals surface area contributed by atoms with Gasteiger partial charge in [-0.25, -0.2) is 4.98 Å². The van der Waals surface area contributed by atoms with Gasteiger partial charge >= 0.3 is 5.97 Å². The number of nitrogens with zero attached hydrogens (tertiary/aromatic N) is 3. The molecule has 5 rings (SSSR count). The first-order valence-electron chi connectivity index (χ1n) is 11.3. The van der Waals surface area contributed by atoms with Crippen molar-refractivity contribution in [3.8, 4) is 0 Å². The van der Waals surface area contributed by atoms with Crippen molar-refractivity contribution in [2.45, 2.75) is 51.3 Å². The van der Waals surface area contributed by atoms with E-state index in [1.54, 1.807) is 12.3 Å². The SMILES string of the molecule is O=C(O)C1CCC(OCC(=O)N2CCc3c(n(Cc4ccc(F)s4)c4ncccc34)C2)CC1. The summed E-state index contributed by atoms with van der Waals surface area (Å²) in [6.45, 7) is 1.60. The lowest BCUT2D eigenvalue weighted by Gasteiger charge is -2.30. The Kier molecular flexibility index (Phi) is 6.16. The second-order valence-corrected chi connectivity index (χ2v) is 9.90. The zero-order valence-corrected chi connectivity index (χ0v) is 19.0. The molecule has 4 heterocycles. The molecule has 1 aliphatic heterocycles. The summed E-state index contributed by atoms with van der Waals surface area (Å²) < 4.78 is 21.5. The molecule has 1 saturated carbocycles. The van der Waals surface area contributed by atoms with Crippen molar-refractivity contribution >= 4 is 34.2 Å². The summed E-state index contributed by atoms with van der Waals surface area (Å²) in [5.74, 6) is -1.11. The van der Waals surface area contributed by atoms with Crippen LogP contribution < -0.4 is 0 Å². The Balaban J connectivity index is 1.29. The van der Waals surface area contributed by atoms with Gasteiger partial charge in [0.2, 0.25) is 5.91 Å². The fourth-order valence-corrected chi connectivity index (χ4v) is 5.71. The normalized spacial score (nSPS) is 20.7. The van der Waals surface area contributed by atoms with Crippen LogP contribution in [0, 0.1) is 11.0 Å². The summed E-state index contributed by atoms with van der Waals surface area (Å²) in [6, 6.07) is 7.24. The molecule has 2 aliphatic rings. The van der Waals surface area contributed by atoms with Crippen molar-refractivity contribution in [2.24, 2.45) is 5.92 Å². The van der Waals surface area contributed by atoms with Gasteiger partial charge in [0.15, 0.2) is 5.13 Å². The van der Waals surface area contributed by atoms with Gasteiger partial charge in [-0.05, 0) is 61.9 Å². The maximum absolute atomic E-state index is 13.6. The molecule has 3 aromatic heterocycles. The van der Waals surface area contributed by atoms with Crippen molar-refractivity contribution in [1.29, 1.82) is 0 Å². The Labute approximate surface area is 194 Å². The predicted molar refractivity (Wildman–Crippen MR) is 122 cm³/mol. The van der Waals surface area contributed by atoms with Gasteiger partial charge in [0.1, 0.15) is 12.3 Å². The number of hydrogen-bond donors (Lipinski definition) is 1. The molecule has 0 aromatic carbocycles. The number of aromatic nitrogens is 2. The molecule has 1 N–H and O–H groups in total. The molecule has 1 fully saturated rings. The third-order valence-corrected chi connectivity index (χ3v) is 7.63. The van der Waals surface area contributed by atoms with E-state index < -0.39 is 5.97 Å². The molecule has 0 bridgehead atoms. The number of ether oxygens (including phenoxy) is 1. The molecule has 0 spiro atoms. The number of hydrogen-bond acceptors (Lipinski definition) is 5. The molecule has 9 heteroatoms. The number of aliphatic carboxylic acids is 1. The number of carboxylic acid groups (broad SMARTS) is 1. The number of amides is 1. The summed E-state index contributed by atoms with van der Waals surface area (Å²) in [7, 11) is 0. The quantitative estimate of drug-likeness (QED) is 0.591. The molecule has 0 saturated heterocycles. The summed E-state index contributed by atoms with van der Waals surface area (Å²) >= 11 is 1.13. The van der Waals surface area contributed by atoms with Crippen LogP contribution in [0.4, 0.5) is 4.39 Å². The van der Waals surface area contributed by atoms with Gasteiger partial charge in [-0.15, -0.1) is 11.3 Å². The molecule has 174 valence electrons. The Bertz CT molecular complexity index is 1180. The summed E-state index contributed by atoms with van der Waals surface area (Å²) in [5, 5.41) is 10.0. The van der Waals surface area contributed by atoms with E-state index in [-0.39, 0.29) is 29.7 Å². The van der Waals surface area contributed by atoms with E-state index in [9.17, 15) is 14.0 Å². The van der Waals surface area contributed by atoms with Gasteiger partial charge in [0, 0.05) is 28.7 Å². The van der Waals surface area contributed by atoms with E-state index in [4.69, 9.17) is 9.84 Å². The zero-order chi connectivity index (χ0) is 22.9. The lowest BCUT2D eigenvalue weighted by molar-refractivity contribution is -0.146. The number of fused-ring (bicyclic) bond motifs is 3. The number of pyridine rings is 1. The third kappa shape index (κ3) is 4.52. The van der Waals surface area contributed by atoms with Crippen LogP contribution in [0.5, 0.6) is 0 Å². The molecule has 33 heavy (non-hydrogen) atoms. The first kappa shape index (κ1) is 22.0. The second-order valence-electron chi connectivity index (χ2n) is 8.78. The van der Waals surface area contributed by atoms with Gasteiger partial charge in [0.05, 0.1) is 25.1 Å². The molecule has 7 nitrogen and oxygen atoms in total. The van der Waals surface area contributed by atoms with Crippen LogP contribution in [0.1, 0.15) is 41.8 Å². The standard InChI is InChI=1S/C24H26FN3O4S/c25-21-8-7-17(33-21)12-28-20-13-27(11-9-18(20)19-2-1-10-26-23(19)28)22(29)14-32-16-5-3-15(4-6-16)24(30)31/h1-2,7-8,10,15-16H,3-6,9,11-14H2,(H,30,31). The highest BCUT2D eigenvalue weighted by Gasteiger charge is 2.30. The lowest BCUT2D eigenvalue weighted by atomic mass is 9.87. The minimum Gasteiger partial charge on any atom is -0.481 e. The van der Waals surface area contributed by atoms with Crippen LogP contribution in [0.25, 0.3) is 11.0 Å². The minimum atomic E-state index is -0.746. The largest absolute Gasteiger partial charge is 0.481 e. The maximum Gasteiger partial charge on any atom is 0.306 e. The van der Waals surface area contributed by atoms with E-state index in [0.717, 1.165) is 39.4 Å². The Morgan fingerprint density at radius 1 is 1.21 bits per heavy atom. The van der Waals surface area contributed by atoms with E-state index in [1.807, 2.05) is 11.0 Å². The van der Waals surface area contributed by atoms with Gasteiger partial charge in [-0.2, -0.15) is 4.39 Å². The van der Waals surface area contributed by atoms with Gasteiger partial charge in [0.25, 0.3) is 0 Å². The number of thiophene rings is 1. The highest BCUT2D eigenvalue weighted by atomic mass is 32.1. The minimum absolute atomic E-state index is 0.00630. The van der Waals surface area contributed by atoms with E-state index >= 15 is 0 Å². The van der Waals surface area contributed by atoms with Crippen molar-refractivity contribution < 1.29 is 23.8 Å². The highest BCUT2D eigenvalue weighted by Crippen LogP contribution is 2.32. The third-order valence-electron chi connectivity index (χ3n) is 6.78. The number of carbonyl (C=O) groups excluding carboxylic acids is 1. The zero-order valence-electron chi connectivity index (χ0n) is 18.2. The van der Waals surface area contributed by atoms with Crippen molar-refractivity contribution in [3.05, 3.63) is 51.7 Å². The average Bonchev–Trinajstić information content (AvgIpc) is 3.38. The summed E-state index contributed by atoms with van der Waals surface area (Å²) in [5.41, 5.74) is 3.10. The van der Waals surface area contributed by atoms with Gasteiger partial charge in [-0.1, -0.05) is 0 Å².